The Kier molecular flexibility index (Phi) is 6.68. The summed E-state index contributed by atoms with van der Waals surface area (Å²) in [5, 5.41) is 7.03. The van der Waals surface area contributed by atoms with Gasteiger partial charge in [0.2, 0.25) is 0 Å². The van der Waals surface area contributed by atoms with Crippen molar-refractivity contribution in [3.63, 3.8) is 0 Å². The molecule has 0 atom stereocenters. The fourth-order valence-corrected chi connectivity index (χ4v) is 10.5. The first-order valence-electron chi connectivity index (χ1n) is 20.3. The predicted molar refractivity (Wildman–Crippen MR) is 242 cm³/mol. The van der Waals surface area contributed by atoms with Crippen LogP contribution in [0.2, 0.25) is 0 Å². The summed E-state index contributed by atoms with van der Waals surface area (Å²) in [4.78, 5) is 0. The zero-order valence-corrected chi connectivity index (χ0v) is 31.9. The molecular weight excluding hydrogens is 717 g/mol. The molecule has 0 fully saturated rings. The molecular formula is C57H34O2. The van der Waals surface area contributed by atoms with E-state index in [0.29, 0.717) is 0 Å². The van der Waals surface area contributed by atoms with Crippen molar-refractivity contribution in [2.45, 2.75) is 5.41 Å². The summed E-state index contributed by atoms with van der Waals surface area (Å²) in [7, 11) is 0. The van der Waals surface area contributed by atoms with Crippen LogP contribution in [0.1, 0.15) is 22.3 Å². The molecule has 0 N–H and O–H groups in total. The van der Waals surface area contributed by atoms with Crippen molar-refractivity contribution in [3.05, 3.63) is 229 Å². The van der Waals surface area contributed by atoms with Gasteiger partial charge < -0.3 is 9.15 Å². The van der Waals surface area contributed by atoms with Crippen molar-refractivity contribution in [1.29, 1.82) is 0 Å². The molecule has 1 aliphatic heterocycles. The van der Waals surface area contributed by atoms with Gasteiger partial charge in [0.25, 0.3) is 0 Å². The molecule has 1 aromatic heterocycles. The fraction of sp³-hybridized carbons (Fsp3) is 0.0175. The normalized spacial score (nSPS) is 13.4. The summed E-state index contributed by atoms with van der Waals surface area (Å²) in [6, 6.07) is 75.3. The van der Waals surface area contributed by atoms with Gasteiger partial charge in [0.15, 0.2) is 0 Å². The lowest BCUT2D eigenvalue weighted by molar-refractivity contribution is 0.487. The Bertz CT molecular complexity index is 3480. The molecule has 2 aliphatic rings. The highest BCUT2D eigenvalue weighted by Gasteiger charge is 2.48. The van der Waals surface area contributed by atoms with Crippen LogP contribution < -0.4 is 4.74 Å². The maximum atomic E-state index is 6.52. The van der Waals surface area contributed by atoms with Crippen LogP contribution in [0.4, 0.5) is 0 Å². The van der Waals surface area contributed by atoms with E-state index in [1.165, 1.54) is 71.8 Å². The summed E-state index contributed by atoms with van der Waals surface area (Å²) in [6.45, 7) is 0. The second-order valence-corrected chi connectivity index (χ2v) is 15.9. The summed E-state index contributed by atoms with van der Waals surface area (Å²) < 4.78 is 13.0. The molecule has 0 bridgehead atoms. The lowest BCUT2D eigenvalue weighted by atomic mass is 9.66. The standard InChI is InChI=1S/C57H34O2/c1-3-14-38(15-4-1)57(39-16-5-2-6-17-39)49-23-10-7-20-46(49)55-47(37-28-29-43-41-18-8-11-24-50(41)59-53(43)34-37)32-36-27-26-35(33-48(36)56(55)57)40-30-31-52-54-44(40)21-13-22-45(54)42-19-9-12-25-51(42)58-52/h1-34H. The topological polar surface area (TPSA) is 22.4 Å². The van der Waals surface area contributed by atoms with Crippen LogP contribution in [0.3, 0.4) is 0 Å². The van der Waals surface area contributed by atoms with E-state index in [1.54, 1.807) is 0 Å². The van der Waals surface area contributed by atoms with E-state index in [2.05, 4.69) is 194 Å². The van der Waals surface area contributed by atoms with E-state index < -0.39 is 5.41 Å². The molecule has 2 nitrogen and oxygen atoms in total. The molecule has 13 rings (SSSR count). The molecule has 274 valence electrons. The van der Waals surface area contributed by atoms with Gasteiger partial charge in [-0.05, 0) is 120 Å². The number of fused-ring (bicyclic) bond motifs is 10. The van der Waals surface area contributed by atoms with Crippen LogP contribution >= 0.6 is 0 Å². The molecule has 0 unspecified atom stereocenters. The molecule has 0 saturated heterocycles. The molecule has 59 heavy (non-hydrogen) atoms. The number of furan rings is 1. The summed E-state index contributed by atoms with van der Waals surface area (Å²) in [5.74, 6) is 1.79. The minimum atomic E-state index is -0.595. The van der Waals surface area contributed by atoms with Gasteiger partial charge in [-0.2, -0.15) is 0 Å². The molecule has 0 radical (unpaired) electrons. The van der Waals surface area contributed by atoms with Crippen LogP contribution in [0.5, 0.6) is 11.5 Å². The zero-order valence-electron chi connectivity index (χ0n) is 31.9. The summed E-state index contributed by atoms with van der Waals surface area (Å²) in [5.41, 5.74) is 15.8. The van der Waals surface area contributed by atoms with Gasteiger partial charge in [-0.1, -0.05) is 164 Å². The lowest BCUT2D eigenvalue weighted by Crippen LogP contribution is -2.28. The number of rotatable bonds is 4. The van der Waals surface area contributed by atoms with E-state index in [4.69, 9.17) is 9.15 Å². The van der Waals surface area contributed by atoms with E-state index in [-0.39, 0.29) is 0 Å². The molecule has 1 aliphatic carbocycles. The van der Waals surface area contributed by atoms with Gasteiger partial charge in [-0.3, -0.25) is 0 Å². The highest BCUT2D eigenvalue weighted by atomic mass is 16.5. The maximum absolute atomic E-state index is 6.52. The molecule has 2 heterocycles. The first-order chi connectivity index (χ1) is 29.3. The molecule has 0 spiro atoms. The minimum Gasteiger partial charge on any atom is -0.456 e. The maximum Gasteiger partial charge on any atom is 0.136 e. The SMILES string of the molecule is c1ccc(C2(c3ccccc3)c3ccccc3-c3c(-c4ccc5c(c4)oc4ccccc45)cc4ccc(-c5ccc6c7c(cccc57)-c5ccccc5O6)cc4c32)cc1. The van der Waals surface area contributed by atoms with Crippen LogP contribution in [0, 0.1) is 0 Å². The van der Waals surface area contributed by atoms with E-state index >= 15 is 0 Å². The van der Waals surface area contributed by atoms with Crippen LogP contribution in [0.25, 0.3) is 88.0 Å². The third-order valence-corrected chi connectivity index (χ3v) is 12.9. The molecule has 0 amide bonds. The Morgan fingerprint density at radius 2 is 1.02 bits per heavy atom. The first kappa shape index (κ1) is 32.4. The second kappa shape index (κ2) is 12.2. The number of hydrogen-bond acceptors (Lipinski definition) is 2. The minimum absolute atomic E-state index is 0.595. The monoisotopic (exact) mass is 750 g/mol. The quantitative estimate of drug-likeness (QED) is 0.179. The first-order valence-corrected chi connectivity index (χ1v) is 20.3. The van der Waals surface area contributed by atoms with Crippen LogP contribution in [0.15, 0.2) is 211 Å². The average molecular weight is 751 g/mol. The Morgan fingerprint density at radius 3 is 1.86 bits per heavy atom. The zero-order chi connectivity index (χ0) is 38.7. The highest BCUT2D eigenvalue weighted by molar-refractivity contribution is 6.13. The number of benzene rings is 10. The summed E-state index contributed by atoms with van der Waals surface area (Å²) >= 11 is 0. The van der Waals surface area contributed by atoms with Crippen molar-refractivity contribution < 1.29 is 9.15 Å². The lowest BCUT2D eigenvalue weighted by Gasteiger charge is -2.35. The van der Waals surface area contributed by atoms with Crippen molar-refractivity contribution >= 4 is 43.5 Å². The van der Waals surface area contributed by atoms with Crippen LogP contribution in [-0.2, 0) is 5.41 Å². The van der Waals surface area contributed by atoms with E-state index in [0.717, 1.165) is 50.0 Å². The van der Waals surface area contributed by atoms with Crippen LogP contribution in [-0.4, -0.2) is 0 Å². The number of ether oxygens (including phenoxy) is 1. The second-order valence-electron chi connectivity index (χ2n) is 15.9. The smallest absolute Gasteiger partial charge is 0.136 e. The third-order valence-electron chi connectivity index (χ3n) is 12.9. The van der Waals surface area contributed by atoms with Gasteiger partial charge in [-0.15, -0.1) is 0 Å². The van der Waals surface area contributed by atoms with Gasteiger partial charge in [0.05, 0.1) is 5.41 Å². The molecule has 0 saturated carbocycles. The Hall–Kier alpha value is -7.68. The average Bonchev–Trinajstić information content (AvgIpc) is 3.84. The van der Waals surface area contributed by atoms with Crippen molar-refractivity contribution in [2.75, 3.05) is 0 Å². The molecule has 10 aromatic carbocycles. The molecule has 11 aromatic rings. The predicted octanol–water partition coefficient (Wildman–Crippen LogP) is 15.4. The van der Waals surface area contributed by atoms with Gasteiger partial charge in [0.1, 0.15) is 22.7 Å². The van der Waals surface area contributed by atoms with Gasteiger partial charge in [0, 0.05) is 21.7 Å². The van der Waals surface area contributed by atoms with Gasteiger partial charge >= 0.3 is 0 Å². The van der Waals surface area contributed by atoms with E-state index in [1.807, 2.05) is 12.1 Å². The van der Waals surface area contributed by atoms with E-state index in [9.17, 15) is 0 Å². The highest BCUT2D eigenvalue weighted by Crippen LogP contribution is 2.61. The number of para-hydroxylation sites is 2. The van der Waals surface area contributed by atoms with Gasteiger partial charge in [-0.25, -0.2) is 0 Å². The third kappa shape index (κ3) is 4.46. The largest absolute Gasteiger partial charge is 0.456 e. The number of hydrogen-bond donors (Lipinski definition) is 0. The Labute approximate surface area is 341 Å². The summed E-state index contributed by atoms with van der Waals surface area (Å²) in [6.07, 6.45) is 0. The van der Waals surface area contributed by atoms with Crippen molar-refractivity contribution in [3.8, 4) is 56.0 Å². The Morgan fingerprint density at radius 1 is 0.356 bits per heavy atom. The fourth-order valence-electron chi connectivity index (χ4n) is 10.5. The Balaban J connectivity index is 1.15. The molecule has 2 heteroatoms. The van der Waals surface area contributed by atoms with Crippen molar-refractivity contribution in [1.82, 2.24) is 0 Å². The van der Waals surface area contributed by atoms with Crippen molar-refractivity contribution in [2.24, 2.45) is 0 Å².